The third-order valence-electron chi connectivity index (χ3n) is 2.05. The highest BCUT2D eigenvalue weighted by Crippen LogP contribution is 2.20. The van der Waals surface area contributed by atoms with Gasteiger partial charge in [-0.3, -0.25) is 0 Å². The number of ether oxygens (including phenoxy) is 2. The lowest BCUT2D eigenvalue weighted by molar-refractivity contribution is 0.0809. The zero-order valence-electron chi connectivity index (χ0n) is 9.17. The van der Waals surface area contributed by atoms with E-state index < -0.39 is 18.3 Å². The topological polar surface area (TPSA) is 105 Å². The van der Waals surface area contributed by atoms with Gasteiger partial charge in [-0.25, -0.2) is 9.59 Å². The van der Waals surface area contributed by atoms with Crippen molar-refractivity contribution in [3.05, 3.63) is 35.9 Å². The van der Waals surface area contributed by atoms with Crippen molar-refractivity contribution in [3.63, 3.8) is 0 Å². The van der Waals surface area contributed by atoms with Crippen LogP contribution in [0.15, 0.2) is 30.3 Å². The second kappa shape index (κ2) is 6.37. The molecule has 1 aromatic carbocycles. The van der Waals surface area contributed by atoms with Crippen molar-refractivity contribution in [2.24, 2.45) is 11.5 Å². The summed E-state index contributed by atoms with van der Waals surface area (Å²) in [7, 11) is 0. The van der Waals surface area contributed by atoms with Crippen molar-refractivity contribution < 1.29 is 19.1 Å². The Bertz CT molecular complexity index is 380. The first-order valence-electron chi connectivity index (χ1n) is 5.03. The quantitative estimate of drug-likeness (QED) is 0.806. The number of carbonyl (C=O) groups is 2. The molecule has 4 N–H and O–H groups in total. The number of carbonyl (C=O) groups excluding carboxylic acids is 2. The van der Waals surface area contributed by atoms with Gasteiger partial charge in [0.05, 0.1) is 6.61 Å². The van der Waals surface area contributed by atoms with Gasteiger partial charge >= 0.3 is 12.2 Å². The second-order valence-corrected chi connectivity index (χ2v) is 3.29. The smallest absolute Gasteiger partial charge is 0.405 e. The molecule has 6 heteroatoms. The molecule has 17 heavy (non-hydrogen) atoms. The summed E-state index contributed by atoms with van der Waals surface area (Å²) in [5, 5.41) is 0. The molecule has 1 aromatic rings. The van der Waals surface area contributed by atoms with E-state index in [1.807, 2.05) is 18.2 Å². The van der Waals surface area contributed by atoms with Crippen LogP contribution < -0.4 is 11.5 Å². The first kappa shape index (κ1) is 12.8. The molecular weight excluding hydrogens is 224 g/mol. The molecular formula is C11H14N2O4. The standard InChI is InChI=1S/C11H14N2O4/c12-10(14)16-7-6-9(17-11(13)15)8-4-2-1-3-5-8/h1-5,9H,6-7H2,(H2,12,14)(H2,13,15). The number of rotatable bonds is 5. The van der Waals surface area contributed by atoms with Crippen molar-refractivity contribution in [1.29, 1.82) is 0 Å². The first-order valence-corrected chi connectivity index (χ1v) is 5.03. The van der Waals surface area contributed by atoms with E-state index in [1.165, 1.54) is 0 Å². The summed E-state index contributed by atoms with van der Waals surface area (Å²) in [5.74, 6) is 0. The molecule has 0 saturated carbocycles. The van der Waals surface area contributed by atoms with Gasteiger partial charge in [0.1, 0.15) is 6.10 Å². The summed E-state index contributed by atoms with van der Waals surface area (Å²) in [5.41, 5.74) is 10.6. The van der Waals surface area contributed by atoms with E-state index in [-0.39, 0.29) is 6.61 Å². The van der Waals surface area contributed by atoms with E-state index in [2.05, 4.69) is 4.74 Å². The maximum atomic E-state index is 10.7. The van der Waals surface area contributed by atoms with Gasteiger partial charge in [-0.05, 0) is 5.56 Å². The molecule has 1 atom stereocenters. The van der Waals surface area contributed by atoms with Gasteiger partial charge < -0.3 is 20.9 Å². The lowest BCUT2D eigenvalue weighted by atomic mass is 10.1. The van der Waals surface area contributed by atoms with Gasteiger partial charge in [0, 0.05) is 6.42 Å². The lowest BCUT2D eigenvalue weighted by Crippen LogP contribution is -2.20. The molecule has 2 amide bonds. The van der Waals surface area contributed by atoms with Crippen molar-refractivity contribution in [1.82, 2.24) is 0 Å². The van der Waals surface area contributed by atoms with Crippen LogP contribution in [-0.2, 0) is 9.47 Å². The van der Waals surface area contributed by atoms with E-state index in [4.69, 9.17) is 16.2 Å². The predicted octanol–water partition coefficient (Wildman–Crippen LogP) is 1.31. The van der Waals surface area contributed by atoms with Crippen LogP contribution in [0.2, 0.25) is 0 Å². The fourth-order valence-corrected chi connectivity index (χ4v) is 1.37. The molecule has 0 aliphatic rings. The molecule has 0 aromatic heterocycles. The number of amides is 2. The van der Waals surface area contributed by atoms with Gasteiger partial charge in [0.25, 0.3) is 0 Å². The molecule has 0 radical (unpaired) electrons. The molecule has 0 saturated heterocycles. The highest BCUT2D eigenvalue weighted by molar-refractivity contribution is 5.65. The van der Waals surface area contributed by atoms with Crippen molar-refractivity contribution in [3.8, 4) is 0 Å². The third-order valence-corrected chi connectivity index (χ3v) is 2.05. The molecule has 6 nitrogen and oxygen atoms in total. The summed E-state index contributed by atoms with van der Waals surface area (Å²) >= 11 is 0. The van der Waals surface area contributed by atoms with E-state index in [0.717, 1.165) is 5.56 Å². The van der Waals surface area contributed by atoms with Crippen molar-refractivity contribution >= 4 is 12.2 Å². The minimum atomic E-state index is -0.877. The number of hydrogen-bond donors (Lipinski definition) is 2. The number of primary amides is 2. The van der Waals surface area contributed by atoms with Gasteiger partial charge in [-0.15, -0.1) is 0 Å². The van der Waals surface area contributed by atoms with Gasteiger partial charge in [0.2, 0.25) is 0 Å². The van der Waals surface area contributed by atoms with Gasteiger partial charge in [0.15, 0.2) is 0 Å². The molecule has 1 rings (SSSR count). The maximum Gasteiger partial charge on any atom is 0.405 e. The Morgan fingerprint density at radius 3 is 2.29 bits per heavy atom. The van der Waals surface area contributed by atoms with Crippen molar-refractivity contribution in [2.75, 3.05) is 6.61 Å². The highest BCUT2D eigenvalue weighted by atomic mass is 16.6. The van der Waals surface area contributed by atoms with E-state index in [0.29, 0.717) is 6.42 Å². The molecule has 0 bridgehead atoms. The Hall–Kier alpha value is -2.24. The fourth-order valence-electron chi connectivity index (χ4n) is 1.37. The molecule has 0 aliphatic heterocycles. The van der Waals surface area contributed by atoms with Crippen LogP contribution in [0.25, 0.3) is 0 Å². The number of nitrogens with two attached hydrogens (primary N) is 2. The van der Waals surface area contributed by atoms with Crippen LogP contribution in [0.5, 0.6) is 0 Å². The van der Waals surface area contributed by atoms with Crippen LogP contribution in [-0.4, -0.2) is 18.8 Å². The maximum absolute atomic E-state index is 10.7. The molecule has 0 aliphatic carbocycles. The van der Waals surface area contributed by atoms with Crippen LogP contribution in [0, 0.1) is 0 Å². The Morgan fingerprint density at radius 2 is 1.76 bits per heavy atom. The predicted molar refractivity (Wildman–Crippen MR) is 60.0 cm³/mol. The SMILES string of the molecule is NC(=O)OCCC(OC(N)=O)c1ccccc1. The Labute approximate surface area is 98.5 Å². The third kappa shape index (κ3) is 4.87. The highest BCUT2D eigenvalue weighted by Gasteiger charge is 2.15. The summed E-state index contributed by atoms with van der Waals surface area (Å²) in [4.78, 5) is 21.2. The van der Waals surface area contributed by atoms with Gasteiger partial charge in [-0.1, -0.05) is 30.3 Å². The summed E-state index contributed by atoms with van der Waals surface area (Å²) in [6.07, 6.45) is -1.99. The van der Waals surface area contributed by atoms with E-state index in [9.17, 15) is 9.59 Å². The lowest BCUT2D eigenvalue weighted by Gasteiger charge is -2.16. The Kier molecular flexibility index (Phi) is 4.80. The van der Waals surface area contributed by atoms with E-state index >= 15 is 0 Å². The second-order valence-electron chi connectivity index (χ2n) is 3.29. The zero-order valence-corrected chi connectivity index (χ0v) is 9.17. The van der Waals surface area contributed by atoms with Crippen LogP contribution in [0.3, 0.4) is 0 Å². The number of hydrogen-bond acceptors (Lipinski definition) is 4. The summed E-state index contributed by atoms with van der Waals surface area (Å²) in [6, 6.07) is 9.03. The van der Waals surface area contributed by atoms with Crippen LogP contribution in [0.1, 0.15) is 18.1 Å². The summed E-state index contributed by atoms with van der Waals surface area (Å²) in [6.45, 7) is 0.0577. The molecule has 92 valence electrons. The summed E-state index contributed by atoms with van der Waals surface area (Å²) < 4.78 is 9.51. The largest absolute Gasteiger partial charge is 0.450 e. The number of benzene rings is 1. The zero-order chi connectivity index (χ0) is 12.7. The first-order chi connectivity index (χ1) is 8.09. The average Bonchev–Trinajstić information content (AvgIpc) is 2.28. The van der Waals surface area contributed by atoms with Crippen molar-refractivity contribution in [2.45, 2.75) is 12.5 Å². The van der Waals surface area contributed by atoms with E-state index in [1.54, 1.807) is 12.1 Å². The Morgan fingerprint density at radius 1 is 1.12 bits per heavy atom. The average molecular weight is 238 g/mol. The molecule has 1 unspecified atom stereocenters. The van der Waals surface area contributed by atoms with Crippen LogP contribution in [0.4, 0.5) is 9.59 Å². The van der Waals surface area contributed by atoms with Crippen LogP contribution >= 0.6 is 0 Å². The molecule has 0 heterocycles. The molecule has 0 fully saturated rings. The minimum Gasteiger partial charge on any atom is -0.450 e. The van der Waals surface area contributed by atoms with Gasteiger partial charge in [-0.2, -0.15) is 0 Å². The molecule has 0 spiro atoms. The minimum absolute atomic E-state index is 0.0577. The monoisotopic (exact) mass is 238 g/mol. The normalized spacial score (nSPS) is 11.5. The fraction of sp³-hybridized carbons (Fsp3) is 0.273. The Balaban J connectivity index is 2.61.